The SMILES string of the molecule is CS(=O)(=O)Nc1ccccc1OBOc1ccccc1CS(N)(=O)=O. The minimum Gasteiger partial charge on any atom is -0.528 e. The Labute approximate surface area is 147 Å². The van der Waals surface area contributed by atoms with Gasteiger partial charge >= 0.3 is 7.69 Å². The monoisotopic (exact) mass is 384 g/mol. The van der Waals surface area contributed by atoms with E-state index in [4.69, 9.17) is 14.4 Å². The van der Waals surface area contributed by atoms with Crippen molar-refractivity contribution in [3.8, 4) is 11.5 Å². The molecule has 2 aromatic rings. The average Bonchev–Trinajstić information content (AvgIpc) is 2.48. The van der Waals surface area contributed by atoms with E-state index in [0.29, 0.717) is 11.3 Å². The van der Waals surface area contributed by atoms with Gasteiger partial charge in [-0.15, -0.1) is 0 Å². The maximum absolute atomic E-state index is 11.4. The van der Waals surface area contributed by atoms with Crippen molar-refractivity contribution in [3.63, 3.8) is 0 Å². The molecule has 0 aliphatic heterocycles. The Balaban J connectivity index is 2.07. The molecule has 0 aliphatic carbocycles. The Bertz CT molecular complexity index is 870. The molecular weight excluding hydrogens is 367 g/mol. The number of para-hydroxylation sites is 3. The van der Waals surface area contributed by atoms with Crippen LogP contribution in [-0.2, 0) is 25.8 Å². The highest BCUT2D eigenvalue weighted by Gasteiger charge is 2.12. The fourth-order valence-electron chi connectivity index (χ4n) is 2.01. The van der Waals surface area contributed by atoms with Gasteiger partial charge in [0.25, 0.3) is 0 Å². The molecule has 0 fully saturated rings. The van der Waals surface area contributed by atoms with E-state index in [1.807, 2.05) is 0 Å². The van der Waals surface area contributed by atoms with Crippen LogP contribution in [0.25, 0.3) is 0 Å². The molecule has 0 heterocycles. The van der Waals surface area contributed by atoms with Crippen LogP contribution in [0.2, 0.25) is 0 Å². The zero-order chi connectivity index (χ0) is 18.5. The number of nitrogens with two attached hydrogens (primary N) is 1. The molecule has 0 amide bonds. The van der Waals surface area contributed by atoms with Crippen LogP contribution in [0, 0.1) is 0 Å². The largest absolute Gasteiger partial charge is 0.576 e. The van der Waals surface area contributed by atoms with Gasteiger partial charge in [0.1, 0.15) is 11.5 Å². The smallest absolute Gasteiger partial charge is 0.528 e. The van der Waals surface area contributed by atoms with Gasteiger partial charge in [-0.05, 0) is 18.2 Å². The van der Waals surface area contributed by atoms with Crippen molar-refractivity contribution in [2.45, 2.75) is 5.75 Å². The van der Waals surface area contributed by atoms with Gasteiger partial charge in [0, 0.05) is 5.56 Å². The van der Waals surface area contributed by atoms with E-state index in [1.54, 1.807) is 48.5 Å². The standard InChI is InChI=1S/C14H17BN2O6S2/c1-24(18,19)17-12-7-3-5-9-14(12)23-15-22-13-8-4-2-6-11(13)10-25(16,20)21/h2-9,15,17H,10H2,1H3,(H2,16,20,21). The minimum atomic E-state index is -3.70. The predicted octanol–water partition coefficient (Wildman–Crippen LogP) is 0.571. The fourth-order valence-corrected chi connectivity index (χ4v) is 3.25. The zero-order valence-corrected chi connectivity index (χ0v) is 15.0. The van der Waals surface area contributed by atoms with Crippen LogP contribution in [0.1, 0.15) is 5.56 Å². The lowest BCUT2D eigenvalue weighted by molar-refractivity contribution is 0.457. The number of hydrogen-bond acceptors (Lipinski definition) is 6. The Kier molecular flexibility index (Phi) is 5.93. The van der Waals surface area contributed by atoms with E-state index in [-0.39, 0.29) is 24.9 Å². The fraction of sp³-hybridized carbons (Fsp3) is 0.143. The molecule has 134 valence electrons. The van der Waals surface area contributed by atoms with Crippen LogP contribution < -0.4 is 19.2 Å². The topological polar surface area (TPSA) is 125 Å². The third-order valence-electron chi connectivity index (χ3n) is 2.94. The average molecular weight is 384 g/mol. The maximum Gasteiger partial charge on any atom is 0.576 e. The van der Waals surface area contributed by atoms with E-state index < -0.39 is 20.0 Å². The molecule has 0 unspecified atom stereocenters. The van der Waals surface area contributed by atoms with E-state index in [0.717, 1.165) is 6.26 Å². The maximum atomic E-state index is 11.4. The Morgan fingerprint density at radius 1 is 0.960 bits per heavy atom. The third kappa shape index (κ3) is 6.65. The van der Waals surface area contributed by atoms with Crippen molar-refractivity contribution in [1.82, 2.24) is 0 Å². The predicted molar refractivity (Wildman–Crippen MR) is 96.6 cm³/mol. The zero-order valence-electron chi connectivity index (χ0n) is 13.4. The quantitative estimate of drug-likeness (QED) is 0.641. The first-order valence-electron chi connectivity index (χ1n) is 7.05. The molecule has 0 saturated carbocycles. The first-order chi connectivity index (χ1) is 11.6. The van der Waals surface area contributed by atoms with Crippen molar-refractivity contribution in [1.29, 1.82) is 0 Å². The van der Waals surface area contributed by atoms with Crippen LogP contribution in [0.3, 0.4) is 0 Å². The van der Waals surface area contributed by atoms with E-state index >= 15 is 0 Å². The minimum absolute atomic E-state index is 0.246. The lowest BCUT2D eigenvalue weighted by atomic mass is 10.2. The van der Waals surface area contributed by atoms with Crippen molar-refractivity contribution >= 4 is 33.4 Å². The first kappa shape index (κ1) is 19.1. The second kappa shape index (κ2) is 7.76. The van der Waals surface area contributed by atoms with Crippen molar-refractivity contribution in [3.05, 3.63) is 54.1 Å². The summed E-state index contributed by atoms with van der Waals surface area (Å²) in [5, 5.41) is 5.05. The molecule has 2 aromatic carbocycles. The normalized spacial score (nSPS) is 11.6. The van der Waals surface area contributed by atoms with E-state index in [2.05, 4.69) is 4.72 Å². The van der Waals surface area contributed by atoms with Gasteiger partial charge in [0.15, 0.2) is 0 Å². The summed E-state index contributed by atoms with van der Waals surface area (Å²) >= 11 is 0. The third-order valence-corrected chi connectivity index (χ3v) is 4.24. The number of sulfonamides is 2. The summed E-state index contributed by atoms with van der Waals surface area (Å²) in [6, 6.07) is 13.0. The van der Waals surface area contributed by atoms with Crippen LogP contribution >= 0.6 is 0 Å². The van der Waals surface area contributed by atoms with Crippen LogP contribution in [0.15, 0.2) is 48.5 Å². The molecule has 0 aliphatic rings. The van der Waals surface area contributed by atoms with Gasteiger partial charge < -0.3 is 9.31 Å². The molecule has 0 bridgehead atoms. The summed E-state index contributed by atoms with van der Waals surface area (Å²) in [5.74, 6) is 0.219. The van der Waals surface area contributed by atoms with Gasteiger partial charge in [-0.1, -0.05) is 30.3 Å². The van der Waals surface area contributed by atoms with E-state index in [1.165, 1.54) is 0 Å². The van der Waals surface area contributed by atoms with Crippen LogP contribution in [-0.4, -0.2) is 30.8 Å². The summed E-state index contributed by atoms with van der Waals surface area (Å²) in [5.41, 5.74) is 0.669. The second-order valence-corrected chi connectivity index (χ2v) is 8.55. The van der Waals surface area contributed by atoms with Gasteiger partial charge in [-0.2, -0.15) is 0 Å². The highest BCUT2D eigenvalue weighted by Crippen LogP contribution is 2.25. The molecule has 0 saturated heterocycles. The number of nitrogens with one attached hydrogen (secondary N) is 1. The molecule has 11 heteroatoms. The molecule has 3 N–H and O–H groups in total. The lowest BCUT2D eigenvalue weighted by Gasteiger charge is -2.14. The summed E-state index contributed by atoms with van der Waals surface area (Å²) in [4.78, 5) is 0. The molecular formula is C14H17BN2O6S2. The molecule has 0 atom stereocenters. The molecule has 0 aromatic heterocycles. The van der Waals surface area contributed by atoms with Crippen LogP contribution in [0.4, 0.5) is 5.69 Å². The summed E-state index contributed by atoms with van der Waals surface area (Å²) < 4.78 is 58.5. The van der Waals surface area contributed by atoms with Gasteiger partial charge in [0.2, 0.25) is 20.0 Å². The van der Waals surface area contributed by atoms with Gasteiger partial charge in [-0.3, -0.25) is 4.72 Å². The second-order valence-electron chi connectivity index (χ2n) is 5.19. The number of primary sulfonamides is 1. The van der Waals surface area contributed by atoms with Crippen molar-refractivity contribution in [2.24, 2.45) is 5.14 Å². The van der Waals surface area contributed by atoms with Crippen molar-refractivity contribution in [2.75, 3.05) is 11.0 Å². The number of benzene rings is 2. The van der Waals surface area contributed by atoms with Gasteiger partial charge in [0.05, 0.1) is 17.7 Å². The number of anilines is 1. The molecule has 2 rings (SSSR count). The summed E-state index contributed by atoms with van der Waals surface area (Å²) in [6.45, 7) is 0. The van der Waals surface area contributed by atoms with Gasteiger partial charge in [-0.25, -0.2) is 22.0 Å². The Hall–Kier alpha value is -2.24. The van der Waals surface area contributed by atoms with Crippen molar-refractivity contribution < 1.29 is 26.1 Å². The highest BCUT2D eigenvalue weighted by atomic mass is 32.2. The Morgan fingerprint density at radius 2 is 1.52 bits per heavy atom. The van der Waals surface area contributed by atoms with E-state index in [9.17, 15) is 16.8 Å². The highest BCUT2D eigenvalue weighted by molar-refractivity contribution is 7.92. The Morgan fingerprint density at radius 3 is 2.16 bits per heavy atom. The molecule has 25 heavy (non-hydrogen) atoms. The number of rotatable bonds is 8. The molecule has 0 radical (unpaired) electrons. The number of hydrogen-bond donors (Lipinski definition) is 2. The summed E-state index contributed by atoms with van der Waals surface area (Å²) in [6.07, 6.45) is 1.03. The molecule has 8 nitrogen and oxygen atoms in total. The first-order valence-corrected chi connectivity index (χ1v) is 10.7. The lowest BCUT2D eigenvalue weighted by Crippen LogP contribution is -2.17. The van der Waals surface area contributed by atoms with Crippen LogP contribution in [0.5, 0.6) is 11.5 Å². The molecule has 0 spiro atoms. The summed E-state index contributed by atoms with van der Waals surface area (Å²) in [7, 11) is -7.40.